The molecular formula is C91H147N13O20. The summed E-state index contributed by atoms with van der Waals surface area (Å²) in [5.41, 5.74) is 0.767. The largest absolute Gasteiger partial charge is 0.481 e. The number of carboxylic acid groups (broad SMARTS) is 1. The number of ketones is 6. The number of Topliss-reactive ketones (excluding diaryl/α,β-unsaturated/α-hetero) is 6. The molecule has 1 fully saturated rings. The Morgan fingerprint density at radius 1 is 0.484 bits per heavy atom. The molecule has 3 rings (SSSR count). The maximum Gasteiger partial charge on any atom is 0.306 e. The molecule has 0 saturated carbocycles. The highest BCUT2D eigenvalue weighted by atomic mass is 16.4. The predicted octanol–water partition coefficient (Wildman–Crippen LogP) is 6.69. The van der Waals surface area contributed by atoms with Crippen LogP contribution in [0.4, 0.5) is 0 Å². The first-order chi connectivity index (χ1) is 57.3. The van der Waals surface area contributed by atoms with Crippen LogP contribution >= 0.6 is 0 Å². The van der Waals surface area contributed by atoms with Gasteiger partial charge in [-0.3, -0.25) is 86.3 Å². The van der Waals surface area contributed by atoms with Crippen LogP contribution in [0.25, 0.3) is 11.0 Å². The van der Waals surface area contributed by atoms with Crippen LogP contribution in [-0.2, 0) is 87.9 Å². The van der Waals surface area contributed by atoms with Crippen molar-refractivity contribution in [2.45, 2.75) is 296 Å². The summed E-state index contributed by atoms with van der Waals surface area (Å²) in [7, 11) is 9.88. The zero-order chi connectivity index (χ0) is 95.2. The molecule has 1 aromatic carbocycles. The molecule has 1 aliphatic heterocycles. The molecule has 1 saturated heterocycles. The van der Waals surface area contributed by atoms with E-state index in [0.717, 1.165) is 9.80 Å². The number of amides is 11. The summed E-state index contributed by atoms with van der Waals surface area (Å²) >= 11 is 0. The van der Waals surface area contributed by atoms with Gasteiger partial charge in [0.25, 0.3) is 5.91 Å². The molecule has 124 heavy (non-hydrogen) atoms. The van der Waals surface area contributed by atoms with Gasteiger partial charge in [-0.05, 0) is 119 Å². The van der Waals surface area contributed by atoms with E-state index in [4.69, 9.17) is 4.98 Å². The van der Waals surface area contributed by atoms with Crippen LogP contribution in [0.3, 0.4) is 0 Å². The predicted molar refractivity (Wildman–Crippen MR) is 468 cm³/mol. The second-order valence-corrected chi connectivity index (χ2v) is 37.6. The number of rotatable bonds is 31. The van der Waals surface area contributed by atoms with Crippen molar-refractivity contribution in [3.05, 3.63) is 29.6 Å². The number of hydrogen-bond acceptors (Lipinski definition) is 20. The number of aromatic nitrogens is 2. The SMILES string of the molecule is CC[C@@H]1CC(=O)[C@H]([C@H](O)[C@H](C)Cc2nc3ccc(C(=O)N[C@@H](C)C(=O)NC(C)C(=O)C[C@@H](C)C(=O)NC(C)C(=O)C[C@@H](C)C(=O)CC(C)C(=O)O)cc3[nH]2)N(C)C(=O)[C@H](C(C)C)N(C)C(=O)[C@H](CC(C)C)N(C)C(=O)[C@H](CC(C)C)N(C)C(=O)[C@@H](C)NC(=O)[C@H](C)CC(=O)[C@H](CC(C)C)N(C)C(=O)[C@H](C(C)C)CC(=O)[C@H](CC(C)C)N(C)C(=O)CN(C)C1=O. The van der Waals surface area contributed by atoms with Crippen molar-refractivity contribution in [2.24, 2.45) is 76.9 Å². The van der Waals surface area contributed by atoms with Crippen molar-refractivity contribution in [3.63, 3.8) is 0 Å². The summed E-state index contributed by atoms with van der Waals surface area (Å²) in [5, 5.41) is 32.5. The van der Waals surface area contributed by atoms with E-state index in [0.29, 0.717) is 11.0 Å². The summed E-state index contributed by atoms with van der Waals surface area (Å²) in [6.07, 6.45) is -3.34. The zero-order valence-electron chi connectivity index (χ0n) is 79.1. The van der Waals surface area contributed by atoms with E-state index in [2.05, 4.69) is 26.3 Å². The van der Waals surface area contributed by atoms with Gasteiger partial charge in [0, 0.05) is 129 Å². The van der Waals surface area contributed by atoms with Gasteiger partial charge in [-0.25, -0.2) is 4.98 Å². The van der Waals surface area contributed by atoms with Gasteiger partial charge in [-0.15, -0.1) is 0 Å². The minimum atomic E-state index is -1.75. The van der Waals surface area contributed by atoms with Gasteiger partial charge in [-0.1, -0.05) is 125 Å². The third-order valence-electron chi connectivity index (χ3n) is 24.0. The Morgan fingerprint density at radius 2 is 0.944 bits per heavy atom. The first-order valence-electron chi connectivity index (χ1n) is 44.0. The number of likely N-dealkylation sites (N-methyl/N-ethyl adjacent to an activating group) is 7. The highest BCUT2D eigenvalue weighted by Gasteiger charge is 2.47. The number of aliphatic carboxylic acids is 1. The Bertz CT molecular complexity index is 4130. The van der Waals surface area contributed by atoms with E-state index >= 15 is 19.2 Å². The monoisotopic (exact) mass is 1740 g/mol. The van der Waals surface area contributed by atoms with Gasteiger partial charge in [0.1, 0.15) is 47.9 Å². The van der Waals surface area contributed by atoms with E-state index in [1.54, 1.807) is 41.5 Å². The van der Waals surface area contributed by atoms with Gasteiger partial charge >= 0.3 is 5.97 Å². The summed E-state index contributed by atoms with van der Waals surface area (Å²) in [5.74, 6) is -19.9. The van der Waals surface area contributed by atoms with Crippen molar-refractivity contribution >= 4 is 117 Å². The third-order valence-corrected chi connectivity index (χ3v) is 24.0. The lowest BCUT2D eigenvalue weighted by Crippen LogP contribution is -2.62. The van der Waals surface area contributed by atoms with Crippen LogP contribution in [0, 0.1) is 76.9 Å². The average Bonchev–Trinajstić information content (AvgIpc) is 1.17. The Labute approximate surface area is 733 Å². The van der Waals surface area contributed by atoms with Crippen molar-refractivity contribution in [1.29, 1.82) is 0 Å². The van der Waals surface area contributed by atoms with Crippen molar-refractivity contribution in [3.8, 4) is 0 Å². The Balaban J connectivity index is 2.16. The average molecular weight is 1740 g/mol. The van der Waals surface area contributed by atoms with E-state index < -0.39 is 238 Å². The minimum absolute atomic E-state index is 0.0205. The molecule has 696 valence electrons. The smallest absolute Gasteiger partial charge is 0.306 e. The molecule has 1 aromatic heterocycles. The molecule has 33 heteroatoms. The Kier molecular flexibility index (Phi) is 42.6. The molecule has 0 bridgehead atoms. The number of nitrogens with one attached hydrogen (secondary N) is 5. The minimum Gasteiger partial charge on any atom is -0.481 e. The highest BCUT2D eigenvalue weighted by Crippen LogP contribution is 2.31. The summed E-state index contributed by atoms with van der Waals surface area (Å²) in [6, 6.07) is -7.85. The number of carbonyl (C=O) groups excluding carboxylic acids is 17. The number of aliphatic hydroxyl groups excluding tert-OH is 1. The number of aromatic amines is 1. The quantitative estimate of drug-likeness (QED) is 0.0413. The van der Waals surface area contributed by atoms with Gasteiger partial charge in [0.2, 0.25) is 59.1 Å². The number of nitrogens with zero attached hydrogens (tertiary/aromatic N) is 8. The van der Waals surface area contributed by atoms with Gasteiger partial charge in [0.15, 0.2) is 28.9 Å². The second-order valence-electron chi connectivity index (χ2n) is 37.6. The molecule has 2 heterocycles. The first kappa shape index (κ1) is 108. The molecule has 33 nitrogen and oxygen atoms in total. The normalized spacial score (nSPS) is 23.6. The van der Waals surface area contributed by atoms with Crippen LogP contribution < -0.4 is 21.3 Å². The fourth-order valence-corrected chi connectivity index (χ4v) is 15.7. The van der Waals surface area contributed by atoms with E-state index in [-0.39, 0.29) is 106 Å². The lowest BCUT2D eigenvalue weighted by Gasteiger charge is -2.41. The number of imidazole rings is 1. The summed E-state index contributed by atoms with van der Waals surface area (Å²) < 4.78 is 0. The maximum atomic E-state index is 15.7. The van der Waals surface area contributed by atoms with Crippen molar-refractivity contribution in [1.82, 2.24) is 65.5 Å². The number of fused-ring (bicyclic) bond motifs is 1. The van der Waals surface area contributed by atoms with Crippen LogP contribution in [-0.4, -0.2) is 283 Å². The molecule has 0 aliphatic carbocycles. The number of carbonyl (C=O) groups is 18. The number of benzene rings is 1. The Hall–Kier alpha value is -9.69. The molecule has 18 atom stereocenters. The standard InChI is InChI=1S/C91H147N13O20/c1-30-61-43-75(110)79(80(112)53(15)41-76-96-64-32-31-62(42-65(64)97-76)84(116)94-59(21)83(115)93-58(20)72(107)38-54(16)81(113)92-57(19)71(106)37-52(14)70(105)40-56(18)91(123)124)104(29)90(122)78(51(12)13)103(28)89(121)69(36-49(8)9)102(27)88(120)68(35-48(6)7)101(26)85(117)60(22)95-82(114)55(17)39-73(108)67(34-47(4)5)100(25)87(119)63(50(10)11)44-74(109)66(33-46(2)3)99(24)77(111)45-98(23)86(61)118/h31-32,42,46-61,63,66-69,78-80,112H,30,33-41,43-45H2,1-29H3,(H,92,113)(H,93,115)(H,94,116)(H,95,114)(H,96,97)(H,123,124)/t52-,53-,54-,55-,56?,57?,58?,59+,60-,61-,63+,66+,67+,68+,69+,78+,79-,80-/m1/s1. The topological polar surface area (TPSA) is 447 Å². The number of carboxylic acids is 1. The second kappa shape index (κ2) is 48.7. The Morgan fingerprint density at radius 3 is 1.44 bits per heavy atom. The maximum absolute atomic E-state index is 15.7. The van der Waals surface area contributed by atoms with Gasteiger partial charge in [-0.2, -0.15) is 0 Å². The fourth-order valence-electron chi connectivity index (χ4n) is 15.7. The number of aliphatic hydroxyl groups is 1. The highest BCUT2D eigenvalue weighted by molar-refractivity contribution is 6.03. The lowest BCUT2D eigenvalue weighted by molar-refractivity contribution is -0.157. The molecule has 11 amide bonds. The molecule has 7 N–H and O–H groups in total. The number of H-pyrrole nitrogens is 1. The van der Waals surface area contributed by atoms with Crippen molar-refractivity contribution in [2.75, 3.05) is 55.9 Å². The molecule has 3 unspecified atom stereocenters. The summed E-state index contributed by atoms with van der Waals surface area (Å²) in [6.45, 7) is 36.1. The van der Waals surface area contributed by atoms with Gasteiger partial charge in [0.05, 0.1) is 53.8 Å². The molecule has 0 radical (unpaired) electrons. The van der Waals surface area contributed by atoms with Crippen molar-refractivity contribution < 1.29 is 96.5 Å². The zero-order valence-corrected chi connectivity index (χ0v) is 79.1. The summed E-state index contributed by atoms with van der Waals surface area (Å²) in [4.78, 5) is 272. The van der Waals surface area contributed by atoms with E-state index in [9.17, 15) is 77.3 Å². The first-order valence-corrected chi connectivity index (χ1v) is 44.0. The molecule has 0 spiro atoms. The van der Waals surface area contributed by atoms with Gasteiger partial charge < -0.3 is 70.8 Å². The van der Waals surface area contributed by atoms with Crippen LogP contribution in [0.5, 0.6) is 0 Å². The number of hydrogen-bond donors (Lipinski definition) is 7. The third kappa shape index (κ3) is 30.6. The van der Waals surface area contributed by atoms with Crippen LogP contribution in [0.15, 0.2) is 18.2 Å². The van der Waals surface area contributed by atoms with Crippen LogP contribution in [0.1, 0.15) is 239 Å². The molecule has 1 aliphatic rings. The van der Waals surface area contributed by atoms with E-state index in [1.165, 1.54) is 147 Å². The van der Waals surface area contributed by atoms with Crippen LogP contribution in [0.2, 0.25) is 0 Å². The molecular weight excluding hydrogens is 1600 g/mol. The molecule has 2 aromatic rings. The fraction of sp³-hybridized carbons (Fsp3) is 0.725. The van der Waals surface area contributed by atoms with E-state index in [1.807, 2.05) is 55.4 Å². The lowest BCUT2D eigenvalue weighted by atomic mass is 9.84.